The van der Waals surface area contributed by atoms with Gasteiger partial charge in [-0.05, 0) is 144 Å². The van der Waals surface area contributed by atoms with E-state index >= 15 is 8.78 Å². The van der Waals surface area contributed by atoms with Crippen LogP contribution >= 0.6 is 0 Å². The maximum absolute atomic E-state index is 17.2. The summed E-state index contributed by atoms with van der Waals surface area (Å²) in [6.45, 7) is 9.71. The molecule has 8 heterocycles. The first-order chi connectivity index (χ1) is 36.4. The third kappa shape index (κ3) is 9.67. The fraction of sp³-hybridized carbons (Fsp3) is 0.509. The Kier molecular flexibility index (Phi) is 13.0. The predicted molar refractivity (Wildman–Crippen MR) is 280 cm³/mol. The van der Waals surface area contributed by atoms with Gasteiger partial charge in [0.25, 0.3) is 5.91 Å². The molecule has 7 aliphatic rings. The number of nitrogens with one attached hydrogen (secondary N) is 2. The van der Waals surface area contributed by atoms with Crippen LogP contribution in [0.25, 0.3) is 32.9 Å². The molecule has 392 valence electrons. The number of benzene rings is 3. The second-order valence-electron chi connectivity index (χ2n) is 22.5. The third-order valence-corrected chi connectivity index (χ3v) is 17.7. The molecule has 2 aromatic heterocycles. The molecule has 3 N–H and O–H groups in total. The summed E-state index contributed by atoms with van der Waals surface area (Å²) < 4.78 is 44.3. The molecule has 6 saturated heterocycles. The minimum Gasteiger partial charge on any atom is -0.508 e. The first-order valence-corrected chi connectivity index (χ1v) is 26.8. The molecule has 2 bridgehead atoms. The number of halogens is 2. The van der Waals surface area contributed by atoms with Crippen LogP contribution < -0.4 is 29.9 Å². The van der Waals surface area contributed by atoms with Gasteiger partial charge in [0.05, 0.1) is 30.4 Å². The second-order valence-corrected chi connectivity index (χ2v) is 22.5. The number of rotatable bonds is 12. The average Bonchev–Trinajstić information content (AvgIpc) is 4.11. The highest BCUT2D eigenvalue weighted by atomic mass is 19.1. The number of likely N-dealkylation sites (tertiary alicyclic amines) is 3. The Hall–Kier alpha value is -6.68. The minimum atomic E-state index is -0.726. The standard InChI is InChI=1S/C57H64F2N10O6/c1-3-41-44(58)8-4-36-26-40(70)28-42(48(36)41)50-49(59)51-43(29-60-50)52(68-31-38-6-7-39(32-68)61-38)64-54(63-51)75-34-57(13-14-57)33-66-19-10-35(11-20-66)30-65-22-15-56(16-23-65)17-24-67(25-18-56)53(72)37-5-9-46(74-2)45(27-37)69-21-12-47(71)62-55(69)73/h1,4-5,8-9,26-29,35,38-39,61,70H,6-7,10-25,30-34H2,2H3,(H,62,71,73). The molecule has 3 aromatic carbocycles. The number of fused-ring (bicyclic) bond motifs is 4. The number of methoxy groups -OCH3 is 1. The monoisotopic (exact) mass is 1020 g/mol. The quantitative estimate of drug-likeness (QED) is 0.108. The van der Waals surface area contributed by atoms with E-state index in [2.05, 4.69) is 36.2 Å². The van der Waals surface area contributed by atoms with Gasteiger partial charge < -0.3 is 39.5 Å². The van der Waals surface area contributed by atoms with Crippen LogP contribution in [0.5, 0.6) is 17.5 Å². The minimum absolute atomic E-state index is 0.0370. The molecule has 4 amide bonds. The van der Waals surface area contributed by atoms with Crippen molar-refractivity contribution in [1.29, 1.82) is 0 Å². The summed E-state index contributed by atoms with van der Waals surface area (Å²) >= 11 is 0. The van der Waals surface area contributed by atoms with E-state index in [9.17, 15) is 19.5 Å². The number of nitrogens with zero attached hydrogens (tertiary/aromatic N) is 8. The molecule has 0 radical (unpaired) electrons. The number of aromatic hydroxyl groups is 1. The van der Waals surface area contributed by atoms with E-state index in [1.54, 1.807) is 24.4 Å². The topological polar surface area (TPSA) is 169 Å². The summed E-state index contributed by atoms with van der Waals surface area (Å²) in [6.07, 6.45) is 18.2. The van der Waals surface area contributed by atoms with Crippen molar-refractivity contribution in [3.05, 3.63) is 71.4 Å². The molecular formula is C57H64F2N10O6. The van der Waals surface area contributed by atoms with E-state index in [-0.39, 0.29) is 75.1 Å². The zero-order valence-corrected chi connectivity index (χ0v) is 42.5. The van der Waals surface area contributed by atoms with Gasteiger partial charge in [-0.25, -0.2) is 13.6 Å². The van der Waals surface area contributed by atoms with Crippen molar-refractivity contribution in [3.8, 4) is 41.1 Å². The summed E-state index contributed by atoms with van der Waals surface area (Å²) in [5, 5.41) is 17.9. The van der Waals surface area contributed by atoms with Crippen LogP contribution in [0.3, 0.4) is 0 Å². The summed E-state index contributed by atoms with van der Waals surface area (Å²) in [6, 6.07) is 10.9. The molecule has 16 nitrogen and oxygen atoms in total. The van der Waals surface area contributed by atoms with E-state index in [0.717, 1.165) is 103 Å². The Morgan fingerprint density at radius 3 is 2.35 bits per heavy atom. The lowest BCUT2D eigenvalue weighted by Crippen LogP contribution is -2.51. The number of phenolic OH excluding ortho intramolecular Hbond substituents is 1. The summed E-state index contributed by atoms with van der Waals surface area (Å²) in [4.78, 5) is 63.3. The van der Waals surface area contributed by atoms with Crippen molar-refractivity contribution < 1.29 is 37.7 Å². The Morgan fingerprint density at radius 1 is 0.893 bits per heavy atom. The fourth-order valence-corrected chi connectivity index (χ4v) is 13.1. The summed E-state index contributed by atoms with van der Waals surface area (Å²) in [5.74, 6) is 2.25. The van der Waals surface area contributed by atoms with Gasteiger partial charge in [0.15, 0.2) is 5.82 Å². The maximum atomic E-state index is 17.2. The smallest absolute Gasteiger partial charge is 0.328 e. The van der Waals surface area contributed by atoms with Crippen LogP contribution in [0.15, 0.2) is 48.7 Å². The highest BCUT2D eigenvalue weighted by Gasteiger charge is 2.46. The number of piperazine rings is 1. The van der Waals surface area contributed by atoms with E-state index in [1.165, 1.54) is 36.3 Å². The van der Waals surface area contributed by atoms with Gasteiger partial charge in [0, 0.05) is 92.4 Å². The number of ether oxygens (including phenoxy) is 2. The van der Waals surface area contributed by atoms with Gasteiger partial charge in [0.2, 0.25) is 5.91 Å². The molecule has 2 unspecified atom stereocenters. The number of hydrogen-bond acceptors (Lipinski definition) is 13. The fourth-order valence-electron chi connectivity index (χ4n) is 13.1. The lowest BCUT2D eigenvalue weighted by Gasteiger charge is -2.47. The van der Waals surface area contributed by atoms with Crippen molar-refractivity contribution in [2.45, 2.75) is 82.7 Å². The van der Waals surface area contributed by atoms with Crippen LogP contribution in [0, 0.1) is 40.7 Å². The number of aromatic nitrogens is 3. The van der Waals surface area contributed by atoms with Crippen molar-refractivity contribution in [2.24, 2.45) is 16.7 Å². The number of terminal acetylenes is 1. The molecule has 18 heteroatoms. The van der Waals surface area contributed by atoms with Crippen LogP contribution in [0.1, 0.15) is 86.6 Å². The number of anilines is 2. The zero-order chi connectivity index (χ0) is 51.6. The van der Waals surface area contributed by atoms with Gasteiger partial charge in [0.1, 0.15) is 34.3 Å². The van der Waals surface area contributed by atoms with E-state index in [0.29, 0.717) is 84.4 Å². The normalized spacial score (nSPS) is 22.9. The molecule has 1 aliphatic carbocycles. The first kappa shape index (κ1) is 49.2. The molecule has 5 aromatic rings. The number of imide groups is 1. The van der Waals surface area contributed by atoms with Crippen molar-refractivity contribution in [3.63, 3.8) is 0 Å². The summed E-state index contributed by atoms with van der Waals surface area (Å²) in [7, 11) is 1.53. The molecule has 1 saturated carbocycles. The van der Waals surface area contributed by atoms with Crippen LogP contribution in [0.2, 0.25) is 0 Å². The first-order valence-electron chi connectivity index (χ1n) is 26.8. The van der Waals surface area contributed by atoms with Gasteiger partial charge >= 0.3 is 12.0 Å². The Bertz CT molecular complexity index is 3110. The molecule has 7 fully saturated rings. The molecule has 6 aliphatic heterocycles. The highest BCUT2D eigenvalue weighted by molar-refractivity contribution is 6.07. The number of urea groups is 1. The number of amides is 4. The number of pyridine rings is 1. The number of carbonyl (C=O) groups is 3. The van der Waals surface area contributed by atoms with Gasteiger partial charge in [-0.3, -0.25) is 24.8 Å². The Morgan fingerprint density at radius 2 is 1.64 bits per heavy atom. The number of piperidine rings is 3. The van der Waals surface area contributed by atoms with Gasteiger partial charge in [-0.1, -0.05) is 12.0 Å². The number of hydrogen-bond donors (Lipinski definition) is 3. The average molecular weight is 1020 g/mol. The molecule has 2 atom stereocenters. The number of phenols is 1. The Balaban J connectivity index is 0.656. The third-order valence-electron chi connectivity index (χ3n) is 17.7. The number of carbonyl (C=O) groups excluding carboxylic acids is 3. The highest BCUT2D eigenvalue weighted by Crippen LogP contribution is 2.48. The molecule has 1 spiro atoms. The van der Waals surface area contributed by atoms with Gasteiger partial charge in [-0.2, -0.15) is 9.97 Å². The van der Waals surface area contributed by atoms with E-state index in [4.69, 9.17) is 25.9 Å². The van der Waals surface area contributed by atoms with Crippen LogP contribution in [-0.4, -0.2) is 150 Å². The Labute approximate surface area is 435 Å². The largest absolute Gasteiger partial charge is 0.508 e. The lowest BCUT2D eigenvalue weighted by molar-refractivity contribution is -0.120. The van der Waals surface area contributed by atoms with Crippen LogP contribution in [-0.2, 0) is 4.79 Å². The molecular weight excluding hydrogens is 959 g/mol. The van der Waals surface area contributed by atoms with E-state index < -0.39 is 17.7 Å². The molecule has 12 rings (SSSR count). The van der Waals surface area contributed by atoms with Gasteiger partial charge in [-0.15, -0.1) is 6.42 Å². The summed E-state index contributed by atoms with van der Waals surface area (Å²) in [5.41, 5.74) is 1.27. The van der Waals surface area contributed by atoms with Crippen molar-refractivity contribution >= 4 is 51.0 Å². The second kappa shape index (κ2) is 19.8. The zero-order valence-electron chi connectivity index (χ0n) is 42.5. The van der Waals surface area contributed by atoms with Crippen molar-refractivity contribution in [2.75, 3.05) is 95.5 Å². The SMILES string of the molecule is C#Cc1c(F)ccc2cc(O)cc(-c3ncc4c(N5CC6CCC(C5)N6)nc(OCC5(CN6CCC(CN7CCC8(CC7)CCN(C(=O)c7ccc(OC)c(N9CCC(=O)NC9=O)c7)CC8)CC6)CC5)nc4c3F)c12. The molecule has 75 heavy (non-hydrogen) atoms. The van der Waals surface area contributed by atoms with E-state index in [1.807, 2.05) is 4.90 Å². The maximum Gasteiger partial charge on any atom is 0.328 e. The van der Waals surface area contributed by atoms with Crippen molar-refractivity contribution in [1.82, 2.24) is 40.3 Å². The van der Waals surface area contributed by atoms with Crippen LogP contribution in [0.4, 0.5) is 25.1 Å². The predicted octanol–water partition coefficient (Wildman–Crippen LogP) is 7.10. The lowest BCUT2D eigenvalue weighted by atomic mass is 9.71.